The third kappa shape index (κ3) is 2.04. The number of nitrogens with one attached hydrogen (secondary N) is 1. The van der Waals surface area contributed by atoms with E-state index in [2.05, 4.69) is 20.3 Å². The molecule has 3 rings (SSSR count). The summed E-state index contributed by atoms with van der Waals surface area (Å²) in [6.45, 7) is 4.69. The number of fused-ring (bicyclic) bond motifs is 1. The summed E-state index contributed by atoms with van der Waals surface area (Å²) in [5.41, 5.74) is 3.05. The van der Waals surface area contributed by atoms with E-state index in [0.29, 0.717) is 6.54 Å². The molecule has 3 aromatic rings. The molecule has 0 saturated heterocycles. The topological polar surface area (TPSA) is 75.9 Å². The number of hydrogen-bond acceptors (Lipinski definition) is 6. The molecule has 2 N–H and O–H groups in total. The number of hydrogen-bond donors (Lipinski definition) is 2. The van der Waals surface area contributed by atoms with Crippen LogP contribution in [0.15, 0.2) is 17.9 Å². The zero-order valence-corrected chi connectivity index (χ0v) is 12.1. The molecule has 0 unspecified atom stereocenters. The Morgan fingerprint density at radius 2 is 2.15 bits per heavy atom. The van der Waals surface area contributed by atoms with Gasteiger partial charge in [-0.2, -0.15) is 0 Å². The van der Waals surface area contributed by atoms with Crippen molar-refractivity contribution in [3.05, 3.63) is 29.2 Å². The molecule has 0 aliphatic heterocycles. The lowest BCUT2D eigenvalue weighted by atomic mass is 10.2. The lowest BCUT2D eigenvalue weighted by molar-refractivity contribution is 0.276. The van der Waals surface area contributed by atoms with E-state index in [1.165, 1.54) is 17.7 Å². The third-order valence-corrected chi connectivity index (χ3v) is 4.08. The van der Waals surface area contributed by atoms with Crippen LogP contribution in [0, 0.1) is 13.8 Å². The molecule has 0 amide bonds. The van der Waals surface area contributed by atoms with Crippen molar-refractivity contribution in [2.75, 3.05) is 11.9 Å². The van der Waals surface area contributed by atoms with E-state index in [9.17, 15) is 5.11 Å². The Morgan fingerprint density at radius 1 is 1.30 bits per heavy atom. The van der Waals surface area contributed by atoms with Crippen LogP contribution in [-0.4, -0.2) is 31.2 Å². The molecule has 3 heterocycles. The Balaban J connectivity index is 2.16. The minimum atomic E-state index is 0.0866. The highest BCUT2D eigenvalue weighted by molar-refractivity contribution is 7.13. The molecular weight excluding hydrogens is 274 g/mol. The van der Waals surface area contributed by atoms with Crippen LogP contribution in [0.25, 0.3) is 11.0 Å². The Hall–Kier alpha value is -1.99. The summed E-state index contributed by atoms with van der Waals surface area (Å²) in [6.07, 6.45) is 3.28. The minimum Gasteiger partial charge on any atom is -0.395 e. The maximum absolute atomic E-state index is 9.20. The van der Waals surface area contributed by atoms with Gasteiger partial charge in [-0.05, 0) is 19.4 Å². The maximum atomic E-state index is 9.20. The maximum Gasteiger partial charge on any atom is 0.188 e. The number of nitrogens with zero attached hydrogens (tertiary/aromatic N) is 4. The van der Waals surface area contributed by atoms with Crippen molar-refractivity contribution in [2.24, 2.45) is 0 Å². The van der Waals surface area contributed by atoms with Gasteiger partial charge >= 0.3 is 0 Å². The van der Waals surface area contributed by atoms with Gasteiger partial charge in [0.2, 0.25) is 0 Å². The van der Waals surface area contributed by atoms with Crippen molar-refractivity contribution in [1.29, 1.82) is 0 Å². The van der Waals surface area contributed by atoms with E-state index < -0.39 is 0 Å². The van der Waals surface area contributed by atoms with E-state index in [-0.39, 0.29) is 6.61 Å². The zero-order chi connectivity index (χ0) is 14.1. The summed E-state index contributed by atoms with van der Waals surface area (Å²) in [5.74, 6) is 0.752. The standard InChI is InChI=1S/C13H15N5OS/c1-8-9(2)18(4-5-19)12-10(8)11(15-7-16-12)17-13-14-3-6-20-13/h3,6-7,19H,4-5H2,1-2H3,(H,14,15,16,17). The molecule has 0 aliphatic rings. The van der Waals surface area contributed by atoms with Crippen molar-refractivity contribution >= 4 is 33.3 Å². The molecule has 6 nitrogen and oxygen atoms in total. The number of rotatable bonds is 4. The van der Waals surface area contributed by atoms with Gasteiger partial charge in [0.1, 0.15) is 17.8 Å². The summed E-state index contributed by atoms with van der Waals surface area (Å²) in [6, 6.07) is 0. The molecule has 7 heteroatoms. The van der Waals surface area contributed by atoms with Crippen LogP contribution in [0.1, 0.15) is 11.3 Å². The van der Waals surface area contributed by atoms with E-state index in [1.54, 1.807) is 6.20 Å². The second kappa shape index (κ2) is 5.18. The van der Waals surface area contributed by atoms with Crippen LogP contribution in [0.3, 0.4) is 0 Å². The summed E-state index contributed by atoms with van der Waals surface area (Å²) >= 11 is 1.52. The number of aliphatic hydroxyl groups is 1. The highest BCUT2D eigenvalue weighted by atomic mass is 32.1. The molecule has 0 fully saturated rings. The largest absolute Gasteiger partial charge is 0.395 e. The van der Waals surface area contributed by atoms with Gasteiger partial charge in [-0.15, -0.1) is 11.3 Å². The highest BCUT2D eigenvalue weighted by Crippen LogP contribution is 2.30. The fraction of sp³-hybridized carbons (Fsp3) is 0.308. The van der Waals surface area contributed by atoms with E-state index in [0.717, 1.165) is 33.2 Å². The van der Waals surface area contributed by atoms with Gasteiger partial charge in [-0.25, -0.2) is 15.0 Å². The highest BCUT2D eigenvalue weighted by Gasteiger charge is 2.16. The fourth-order valence-electron chi connectivity index (χ4n) is 2.32. The first-order valence-corrected chi connectivity index (χ1v) is 7.18. The van der Waals surface area contributed by atoms with Crippen molar-refractivity contribution in [1.82, 2.24) is 19.5 Å². The van der Waals surface area contributed by atoms with Crippen LogP contribution in [-0.2, 0) is 6.54 Å². The van der Waals surface area contributed by atoms with Crippen molar-refractivity contribution in [3.8, 4) is 0 Å². The average Bonchev–Trinajstić information content (AvgIpc) is 3.03. The number of aliphatic hydroxyl groups excluding tert-OH is 1. The van der Waals surface area contributed by atoms with Crippen LogP contribution in [0.4, 0.5) is 10.9 Å². The third-order valence-electron chi connectivity index (χ3n) is 3.39. The Morgan fingerprint density at radius 3 is 2.85 bits per heavy atom. The van der Waals surface area contributed by atoms with Crippen LogP contribution in [0.5, 0.6) is 0 Å². The van der Waals surface area contributed by atoms with Gasteiger partial charge in [0, 0.05) is 23.8 Å². The Labute approximate surface area is 120 Å². The Kier molecular flexibility index (Phi) is 3.37. The van der Waals surface area contributed by atoms with Crippen molar-refractivity contribution in [3.63, 3.8) is 0 Å². The quantitative estimate of drug-likeness (QED) is 0.770. The SMILES string of the molecule is Cc1c(C)n(CCO)c2ncnc(Nc3nccs3)c12. The minimum absolute atomic E-state index is 0.0866. The first-order valence-electron chi connectivity index (χ1n) is 6.30. The molecular formula is C13H15N5OS. The van der Waals surface area contributed by atoms with Crippen molar-refractivity contribution < 1.29 is 5.11 Å². The van der Waals surface area contributed by atoms with E-state index in [4.69, 9.17) is 0 Å². The van der Waals surface area contributed by atoms with Crippen molar-refractivity contribution in [2.45, 2.75) is 20.4 Å². The monoisotopic (exact) mass is 289 g/mol. The van der Waals surface area contributed by atoms with Gasteiger partial charge in [-0.1, -0.05) is 0 Å². The molecule has 0 atom stereocenters. The normalized spacial score (nSPS) is 11.2. The van der Waals surface area contributed by atoms with Gasteiger partial charge in [0.15, 0.2) is 5.13 Å². The predicted octanol–water partition coefficient (Wildman–Crippen LogP) is 2.24. The second-order valence-corrected chi connectivity index (χ2v) is 5.36. The van der Waals surface area contributed by atoms with Crippen LogP contribution >= 0.6 is 11.3 Å². The summed E-state index contributed by atoms with van der Waals surface area (Å²) < 4.78 is 2.01. The van der Waals surface area contributed by atoms with E-state index >= 15 is 0 Å². The van der Waals surface area contributed by atoms with Gasteiger partial charge in [-0.3, -0.25) is 0 Å². The molecule has 0 saturated carbocycles. The predicted molar refractivity (Wildman–Crippen MR) is 79.5 cm³/mol. The molecule has 3 aromatic heterocycles. The molecule has 104 valence electrons. The van der Waals surface area contributed by atoms with E-state index in [1.807, 2.05) is 23.8 Å². The fourth-order valence-corrected chi connectivity index (χ4v) is 2.85. The van der Waals surface area contributed by atoms with Gasteiger partial charge in [0.05, 0.1) is 12.0 Å². The van der Waals surface area contributed by atoms with Crippen LogP contribution < -0.4 is 5.32 Å². The van der Waals surface area contributed by atoms with Crippen LogP contribution in [0.2, 0.25) is 0 Å². The molecule has 0 bridgehead atoms. The zero-order valence-electron chi connectivity index (χ0n) is 11.3. The summed E-state index contributed by atoms with van der Waals surface area (Å²) in [4.78, 5) is 12.9. The average molecular weight is 289 g/mol. The molecule has 0 radical (unpaired) electrons. The second-order valence-electron chi connectivity index (χ2n) is 4.47. The smallest absolute Gasteiger partial charge is 0.188 e. The van der Waals surface area contributed by atoms with Gasteiger partial charge < -0.3 is 15.0 Å². The number of aromatic nitrogens is 4. The molecule has 0 aliphatic carbocycles. The number of thiazole rings is 1. The number of anilines is 2. The number of aryl methyl sites for hydroxylation is 1. The summed E-state index contributed by atoms with van der Waals surface area (Å²) in [7, 11) is 0. The lowest BCUT2D eigenvalue weighted by Crippen LogP contribution is -2.05. The Bertz CT molecular complexity index is 735. The molecule has 0 spiro atoms. The molecule has 0 aromatic carbocycles. The first-order chi connectivity index (χ1) is 9.72. The summed E-state index contributed by atoms with van der Waals surface area (Å²) in [5, 5.41) is 16.1. The first kappa shape index (κ1) is 13.0. The molecule has 20 heavy (non-hydrogen) atoms. The lowest BCUT2D eigenvalue weighted by Gasteiger charge is -2.05. The van der Waals surface area contributed by atoms with Gasteiger partial charge in [0.25, 0.3) is 0 Å².